The molecule has 0 unspecified atom stereocenters. The molecule has 110 valence electrons. The Balaban J connectivity index is 2.14. The molecule has 0 radical (unpaired) electrons. The largest absolute Gasteiger partial charge is 0.370 e. The van der Waals surface area contributed by atoms with Crippen LogP contribution in [0.3, 0.4) is 0 Å². The molecule has 0 fully saturated rings. The molecule has 21 heavy (non-hydrogen) atoms. The Morgan fingerprint density at radius 1 is 1.24 bits per heavy atom. The Hall–Kier alpha value is -1.66. The molecule has 0 saturated heterocycles. The summed E-state index contributed by atoms with van der Waals surface area (Å²) < 4.78 is 0.903. The van der Waals surface area contributed by atoms with Gasteiger partial charge in [-0.25, -0.2) is 0 Å². The van der Waals surface area contributed by atoms with E-state index in [1.807, 2.05) is 30.3 Å². The highest BCUT2D eigenvalue weighted by Gasteiger charge is 2.18. The molecule has 0 atom stereocenters. The van der Waals surface area contributed by atoms with Gasteiger partial charge in [-0.15, -0.1) is 11.3 Å². The molecule has 0 aliphatic heterocycles. The Bertz CT molecular complexity index is 628. The van der Waals surface area contributed by atoms with Crippen LogP contribution in [-0.4, -0.2) is 23.3 Å². The van der Waals surface area contributed by atoms with Gasteiger partial charge in [-0.2, -0.15) is 0 Å². The van der Waals surface area contributed by atoms with Gasteiger partial charge >= 0.3 is 0 Å². The summed E-state index contributed by atoms with van der Waals surface area (Å²) in [5.74, 6) is -0.505. The third kappa shape index (κ3) is 4.68. The van der Waals surface area contributed by atoms with Gasteiger partial charge < -0.3 is 10.6 Å². The van der Waals surface area contributed by atoms with Gasteiger partial charge in [-0.3, -0.25) is 9.59 Å². The van der Waals surface area contributed by atoms with E-state index >= 15 is 0 Å². The first kappa shape index (κ1) is 15.7. The van der Waals surface area contributed by atoms with E-state index in [0.717, 1.165) is 9.35 Å². The maximum Gasteiger partial charge on any atom is 0.255 e. The van der Waals surface area contributed by atoms with E-state index in [1.54, 1.807) is 16.3 Å². The van der Waals surface area contributed by atoms with Crippen molar-refractivity contribution in [2.45, 2.75) is 13.0 Å². The molecule has 1 heterocycles. The zero-order chi connectivity index (χ0) is 15.2. The maximum absolute atomic E-state index is 12.5. The first-order chi connectivity index (χ1) is 10.1. The molecule has 2 N–H and O–H groups in total. The molecule has 2 rings (SSSR count). The minimum Gasteiger partial charge on any atom is -0.370 e. The topological polar surface area (TPSA) is 63.4 Å². The molecule has 2 amide bonds. The molecule has 4 nitrogen and oxygen atoms in total. The molecule has 0 bridgehead atoms. The molecule has 1 aromatic carbocycles. The number of hydrogen-bond acceptors (Lipinski definition) is 3. The second kappa shape index (κ2) is 7.38. The van der Waals surface area contributed by atoms with Crippen LogP contribution in [0.15, 0.2) is 45.6 Å². The van der Waals surface area contributed by atoms with Crippen LogP contribution in [-0.2, 0) is 11.3 Å². The van der Waals surface area contributed by atoms with E-state index in [9.17, 15) is 9.59 Å². The molecular weight excluding hydrogens is 352 g/mol. The predicted octanol–water partition coefficient (Wildman–Crippen LogP) is 3.03. The number of benzene rings is 1. The average molecular weight is 367 g/mol. The van der Waals surface area contributed by atoms with Gasteiger partial charge in [0.25, 0.3) is 5.91 Å². The summed E-state index contributed by atoms with van der Waals surface area (Å²) >= 11 is 4.81. The van der Waals surface area contributed by atoms with Gasteiger partial charge in [0.2, 0.25) is 5.91 Å². The highest BCUT2D eigenvalue weighted by molar-refractivity contribution is 9.11. The van der Waals surface area contributed by atoms with E-state index in [1.165, 1.54) is 11.3 Å². The van der Waals surface area contributed by atoms with Crippen LogP contribution in [0.4, 0.5) is 0 Å². The van der Waals surface area contributed by atoms with Gasteiger partial charge in [-0.05, 0) is 27.6 Å². The molecule has 0 aliphatic carbocycles. The van der Waals surface area contributed by atoms with Crippen molar-refractivity contribution in [2.24, 2.45) is 5.73 Å². The summed E-state index contributed by atoms with van der Waals surface area (Å²) in [4.78, 5) is 25.2. The number of hydrogen-bond donors (Lipinski definition) is 1. The van der Waals surface area contributed by atoms with Crippen LogP contribution in [0.25, 0.3) is 0 Å². The Morgan fingerprint density at radius 2 is 1.95 bits per heavy atom. The van der Waals surface area contributed by atoms with E-state index in [-0.39, 0.29) is 12.3 Å². The van der Waals surface area contributed by atoms with Crippen LogP contribution in [0, 0.1) is 0 Å². The molecule has 0 saturated carbocycles. The van der Waals surface area contributed by atoms with Crippen LogP contribution in [0.5, 0.6) is 0 Å². The minimum absolute atomic E-state index is 0.0953. The summed E-state index contributed by atoms with van der Waals surface area (Å²) in [7, 11) is 0. The second-order valence-electron chi connectivity index (χ2n) is 4.57. The lowest BCUT2D eigenvalue weighted by atomic mass is 10.2. The lowest BCUT2D eigenvalue weighted by Crippen LogP contribution is -2.33. The average Bonchev–Trinajstić information content (AvgIpc) is 2.90. The highest BCUT2D eigenvalue weighted by atomic mass is 79.9. The van der Waals surface area contributed by atoms with Crippen molar-refractivity contribution in [3.63, 3.8) is 0 Å². The van der Waals surface area contributed by atoms with Crippen molar-refractivity contribution < 1.29 is 9.59 Å². The summed E-state index contributed by atoms with van der Waals surface area (Å²) in [6.07, 6.45) is 0.157. The molecule has 2 aromatic rings. The smallest absolute Gasteiger partial charge is 0.255 e. The second-order valence-corrected chi connectivity index (χ2v) is 6.86. The number of halogens is 1. The predicted molar refractivity (Wildman–Crippen MR) is 87.0 cm³/mol. The minimum atomic E-state index is -0.410. The fourth-order valence-corrected chi connectivity index (χ4v) is 3.04. The van der Waals surface area contributed by atoms with Crippen LogP contribution in [0.1, 0.15) is 22.3 Å². The van der Waals surface area contributed by atoms with Gasteiger partial charge in [-0.1, -0.05) is 30.3 Å². The van der Waals surface area contributed by atoms with Gasteiger partial charge in [0, 0.05) is 24.9 Å². The number of thiophene rings is 1. The number of rotatable bonds is 6. The SMILES string of the molecule is NC(=O)CCN(Cc1ccccc1)C(=O)c1csc(Br)c1. The number of primary amides is 1. The zero-order valence-corrected chi connectivity index (χ0v) is 13.7. The van der Waals surface area contributed by atoms with Crippen LogP contribution < -0.4 is 5.73 Å². The number of carbonyl (C=O) groups is 2. The van der Waals surface area contributed by atoms with Gasteiger partial charge in [0.1, 0.15) is 0 Å². The zero-order valence-electron chi connectivity index (χ0n) is 11.3. The van der Waals surface area contributed by atoms with Crippen molar-refractivity contribution in [2.75, 3.05) is 6.54 Å². The van der Waals surface area contributed by atoms with Gasteiger partial charge in [0.15, 0.2) is 0 Å². The highest BCUT2D eigenvalue weighted by Crippen LogP contribution is 2.22. The monoisotopic (exact) mass is 366 g/mol. The first-order valence-electron chi connectivity index (χ1n) is 6.42. The first-order valence-corrected chi connectivity index (χ1v) is 8.09. The third-order valence-electron chi connectivity index (χ3n) is 2.95. The summed E-state index contributed by atoms with van der Waals surface area (Å²) in [5, 5.41) is 1.80. The lowest BCUT2D eigenvalue weighted by Gasteiger charge is -2.22. The normalized spacial score (nSPS) is 10.3. The van der Waals surface area contributed by atoms with Gasteiger partial charge in [0.05, 0.1) is 9.35 Å². The van der Waals surface area contributed by atoms with Crippen molar-refractivity contribution >= 4 is 39.1 Å². The summed E-state index contributed by atoms with van der Waals surface area (Å²) in [6.45, 7) is 0.775. The van der Waals surface area contributed by atoms with Crippen molar-refractivity contribution in [1.29, 1.82) is 0 Å². The molecule has 0 spiro atoms. The molecule has 1 aromatic heterocycles. The molecule has 6 heteroatoms. The number of nitrogens with zero attached hydrogens (tertiary/aromatic N) is 1. The molecular formula is C15H15BrN2O2S. The third-order valence-corrected chi connectivity index (χ3v) is 4.45. The number of carbonyl (C=O) groups excluding carboxylic acids is 2. The maximum atomic E-state index is 12.5. The van der Waals surface area contributed by atoms with E-state index in [2.05, 4.69) is 15.9 Å². The lowest BCUT2D eigenvalue weighted by molar-refractivity contribution is -0.118. The standard InChI is InChI=1S/C15H15BrN2O2S/c16-13-8-12(10-21-13)15(20)18(7-6-14(17)19)9-11-4-2-1-3-5-11/h1-5,8,10H,6-7,9H2,(H2,17,19). The summed E-state index contributed by atoms with van der Waals surface area (Å²) in [5.41, 5.74) is 6.83. The van der Waals surface area contributed by atoms with Crippen LogP contribution >= 0.6 is 27.3 Å². The summed E-state index contributed by atoms with van der Waals surface area (Å²) in [6, 6.07) is 11.5. The number of amides is 2. The van der Waals surface area contributed by atoms with Crippen molar-refractivity contribution in [3.8, 4) is 0 Å². The molecule has 0 aliphatic rings. The van der Waals surface area contributed by atoms with E-state index < -0.39 is 5.91 Å². The Kier molecular flexibility index (Phi) is 5.52. The van der Waals surface area contributed by atoms with E-state index in [0.29, 0.717) is 18.7 Å². The number of nitrogens with two attached hydrogens (primary N) is 1. The van der Waals surface area contributed by atoms with Crippen molar-refractivity contribution in [1.82, 2.24) is 4.90 Å². The van der Waals surface area contributed by atoms with Crippen molar-refractivity contribution in [3.05, 3.63) is 56.7 Å². The fraction of sp³-hybridized carbons (Fsp3) is 0.200. The fourth-order valence-electron chi connectivity index (χ4n) is 1.91. The van der Waals surface area contributed by atoms with Crippen LogP contribution in [0.2, 0.25) is 0 Å². The van der Waals surface area contributed by atoms with E-state index in [4.69, 9.17) is 5.73 Å². The quantitative estimate of drug-likeness (QED) is 0.853. The Morgan fingerprint density at radius 3 is 2.52 bits per heavy atom. The Labute approximate surface area is 135 Å².